The largest absolute Gasteiger partial charge is 0.504 e. The first-order valence-electron chi connectivity index (χ1n) is 10.6. The summed E-state index contributed by atoms with van der Waals surface area (Å²) in [6, 6.07) is 9.28. The van der Waals surface area contributed by atoms with Crippen LogP contribution in [-0.2, 0) is 4.79 Å². The molecular weight excluding hydrogens is 376 g/mol. The number of anilines is 2. The van der Waals surface area contributed by atoms with Gasteiger partial charge in [0.15, 0.2) is 17.3 Å². The molecule has 0 saturated heterocycles. The maximum absolute atomic E-state index is 13.3. The highest BCUT2D eigenvalue weighted by atomic mass is 16.5. The quantitative estimate of drug-likeness (QED) is 0.616. The molecule has 30 heavy (non-hydrogen) atoms. The molecule has 1 aliphatic heterocycles. The molecule has 4 rings (SSSR count). The van der Waals surface area contributed by atoms with E-state index in [0.717, 1.165) is 34.6 Å². The first kappa shape index (κ1) is 20.3. The zero-order chi connectivity index (χ0) is 21.6. The van der Waals surface area contributed by atoms with Crippen molar-refractivity contribution in [3.63, 3.8) is 0 Å². The van der Waals surface area contributed by atoms with Crippen LogP contribution in [0.25, 0.3) is 0 Å². The van der Waals surface area contributed by atoms with Crippen molar-refractivity contribution in [2.45, 2.75) is 53.5 Å². The SMILES string of the molecule is CCOc1cc([C@H]2Nc3cc(C)c(C)cc3NC3=C2C(=O)CC(C)(C)C3)ccc1O. The Bertz CT molecular complexity index is 1050. The standard InChI is InChI=1S/C25H30N2O3/c1-6-30-22-11-16(7-8-20(22)28)24-23-19(12-25(4,5)13-21(23)29)26-17-9-14(2)15(3)10-18(17)27-24/h7-11,24,26-28H,6,12-13H2,1-5H3/t24-/m1/s1. The Balaban J connectivity index is 1.89. The van der Waals surface area contributed by atoms with E-state index in [9.17, 15) is 9.90 Å². The van der Waals surface area contributed by atoms with Crippen LogP contribution in [0.15, 0.2) is 41.6 Å². The van der Waals surface area contributed by atoms with Gasteiger partial charge in [-0.15, -0.1) is 0 Å². The number of ether oxygens (including phenoxy) is 1. The van der Waals surface area contributed by atoms with E-state index in [0.29, 0.717) is 18.8 Å². The lowest BCUT2D eigenvalue weighted by Crippen LogP contribution is -2.31. The molecule has 5 nitrogen and oxygen atoms in total. The maximum atomic E-state index is 13.3. The number of Topliss-reactive ketones (excluding diaryl/α,β-unsaturated/α-hetero) is 1. The average molecular weight is 407 g/mol. The number of hydrogen-bond donors (Lipinski definition) is 3. The second-order valence-electron chi connectivity index (χ2n) is 9.18. The molecule has 0 bridgehead atoms. The normalized spacial score (nSPS) is 19.9. The third-order valence-corrected chi connectivity index (χ3v) is 6.04. The first-order chi connectivity index (χ1) is 14.2. The third kappa shape index (κ3) is 3.64. The molecule has 2 aromatic rings. The topological polar surface area (TPSA) is 70.6 Å². The van der Waals surface area contributed by atoms with Crippen molar-refractivity contribution in [2.75, 3.05) is 17.2 Å². The van der Waals surface area contributed by atoms with Gasteiger partial charge in [-0.1, -0.05) is 19.9 Å². The van der Waals surface area contributed by atoms with Gasteiger partial charge in [-0.3, -0.25) is 4.79 Å². The predicted molar refractivity (Wildman–Crippen MR) is 120 cm³/mol. The molecule has 158 valence electrons. The second-order valence-corrected chi connectivity index (χ2v) is 9.18. The van der Waals surface area contributed by atoms with Gasteiger partial charge in [0.05, 0.1) is 24.0 Å². The maximum Gasteiger partial charge on any atom is 0.163 e. The molecule has 0 saturated carbocycles. The van der Waals surface area contributed by atoms with Gasteiger partial charge in [0.25, 0.3) is 0 Å². The highest BCUT2D eigenvalue weighted by Gasteiger charge is 2.39. The zero-order valence-corrected chi connectivity index (χ0v) is 18.3. The highest BCUT2D eigenvalue weighted by molar-refractivity contribution is 6.01. The number of phenolic OH excluding ortho intramolecular Hbond substituents is 1. The van der Waals surface area contributed by atoms with Crippen molar-refractivity contribution < 1.29 is 14.6 Å². The summed E-state index contributed by atoms with van der Waals surface area (Å²) in [7, 11) is 0. The molecule has 0 radical (unpaired) electrons. The lowest BCUT2D eigenvalue weighted by Gasteiger charge is -2.34. The van der Waals surface area contributed by atoms with Crippen LogP contribution in [0.4, 0.5) is 11.4 Å². The van der Waals surface area contributed by atoms with E-state index < -0.39 is 0 Å². The number of ketones is 1. The molecule has 2 aliphatic rings. The van der Waals surface area contributed by atoms with Crippen molar-refractivity contribution in [3.8, 4) is 11.5 Å². The predicted octanol–water partition coefficient (Wildman–Crippen LogP) is 5.63. The number of carbonyl (C=O) groups is 1. The Morgan fingerprint density at radius 2 is 1.80 bits per heavy atom. The van der Waals surface area contributed by atoms with Gasteiger partial charge in [0, 0.05) is 17.7 Å². The van der Waals surface area contributed by atoms with Crippen LogP contribution >= 0.6 is 0 Å². The van der Waals surface area contributed by atoms with Gasteiger partial charge >= 0.3 is 0 Å². The molecular formula is C25H30N2O3. The van der Waals surface area contributed by atoms with Crippen molar-refractivity contribution >= 4 is 17.2 Å². The molecule has 1 heterocycles. The van der Waals surface area contributed by atoms with Gasteiger partial charge < -0.3 is 20.5 Å². The Morgan fingerprint density at radius 1 is 1.10 bits per heavy atom. The van der Waals surface area contributed by atoms with Crippen LogP contribution in [0.2, 0.25) is 0 Å². The number of aromatic hydroxyl groups is 1. The number of benzene rings is 2. The lowest BCUT2D eigenvalue weighted by molar-refractivity contribution is -0.118. The number of aryl methyl sites for hydroxylation is 2. The Morgan fingerprint density at radius 3 is 2.50 bits per heavy atom. The molecule has 0 unspecified atom stereocenters. The fourth-order valence-electron chi connectivity index (χ4n) is 4.44. The summed E-state index contributed by atoms with van der Waals surface area (Å²) in [6.45, 7) is 10.8. The monoisotopic (exact) mass is 406 g/mol. The van der Waals surface area contributed by atoms with E-state index in [2.05, 4.69) is 50.5 Å². The number of hydrogen-bond acceptors (Lipinski definition) is 5. The van der Waals surface area contributed by atoms with E-state index in [4.69, 9.17) is 4.74 Å². The number of allylic oxidation sites excluding steroid dienone is 1. The minimum Gasteiger partial charge on any atom is -0.504 e. The Hall–Kier alpha value is -2.95. The highest BCUT2D eigenvalue weighted by Crippen LogP contribution is 2.46. The molecule has 3 N–H and O–H groups in total. The number of carbonyl (C=O) groups excluding carboxylic acids is 1. The van der Waals surface area contributed by atoms with Crippen molar-refractivity contribution in [3.05, 3.63) is 58.3 Å². The number of rotatable bonds is 3. The van der Waals surface area contributed by atoms with Gasteiger partial charge in [-0.25, -0.2) is 0 Å². The minimum absolute atomic E-state index is 0.0941. The molecule has 5 heteroatoms. The summed E-state index contributed by atoms with van der Waals surface area (Å²) in [6.07, 6.45) is 1.31. The summed E-state index contributed by atoms with van der Waals surface area (Å²) < 4.78 is 5.61. The summed E-state index contributed by atoms with van der Waals surface area (Å²) in [5.74, 6) is 0.683. The van der Waals surface area contributed by atoms with E-state index in [-0.39, 0.29) is 23.0 Å². The lowest BCUT2D eigenvalue weighted by atomic mass is 9.73. The van der Waals surface area contributed by atoms with Crippen molar-refractivity contribution in [1.29, 1.82) is 0 Å². The van der Waals surface area contributed by atoms with Crippen LogP contribution in [0.1, 0.15) is 56.3 Å². The summed E-state index contributed by atoms with van der Waals surface area (Å²) in [4.78, 5) is 13.3. The van der Waals surface area contributed by atoms with Crippen LogP contribution in [-0.4, -0.2) is 17.5 Å². The number of nitrogens with one attached hydrogen (secondary N) is 2. The number of fused-ring (bicyclic) bond motifs is 1. The Kier molecular flexibility index (Phi) is 5.00. The van der Waals surface area contributed by atoms with E-state index >= 15 is 0 Å². The van der Waals surface area contributed by atoms with Crippen LogP contribution < -0.4 is 15.4 Å². The van der Waals surface area contributed by atoms with Gasteiger partial charge in [-0.05, 0) is 73.6 Å². The fourth-order valence-corrected chi connectivity index (χ4v) is 4.44. The second kappa shape index (κ2) is 7.38. The Labute approximate surface area is 178 Å². The van der Waals surface area contributed by atoms with E-state index in [1.807, 2.05) is 19.1 Å². The van der Waals surface area contributed by atoms with Gasteiger partial charge in [0.2, 0.25) is 0 Å². The summed E-state index contributed by atoms with van der Waals surface area (Å²) in [5, 5.41) is 17.4. The van der Waals surface area contributed by atoms with Crippen LogP contribution in [0.3, 0.4) is 0 Å². The van der Waals surface area contributed by atoms with Gasteiger partial charge in [0.1, 0.15) is 0 Å². The first-order valence-corrected chi connectivity index (χ1v) is 10.6. The summed E-state index contributed by atoms with van der Waals surface area (Å²) >= 11 is 0. The summed E-state index contributed by atoms with van der Waals surface area (Å²) in [5.41, 5.74) is 6.89. The third-order valence-electron chi connectivity index (χ3n) is 6.04. The number of phenols is 1. The average Bonchev–Trinajstić information content (AvgIpc) is 2.80. The van der Waals surface area contributed by atoms with E-state index in [1.54, 1.807) is 6.07 Å². The minimum atomic E-state index is -0.320. The van der Waals surface area contributed by atoms with Gasteiger partial charge in [-0.2, -0.15) is 0 Å². The smallest absolute Gasteiger partial charge is 0.163 e. The van der Waals surface area contributed by atoms with Crippen molar-refractivity contribution in [2.24, 2.45) is 5.41 Å². The molecule has 1 atom stereocenters. The molecule has 0 spiro atoms. The van der Waals surface area contributed by atoms with Crippen molar-refractivity contribution in [1.82, 2.24) is 0 Å². The molecule has 2 aromatic carbocycles. The van der Waals surface area contributed by atoms with Crippen LogP contribution in [0, 0.1) is 19.3 Å². The molecule has 0 amide bonds. The molecule has 1 aliphatic carbocycles. The molecule has 0 fully saturated rings. The van der Waals surface area contributed by atoms with Crippen LogP contribution in [0.5, 0.6) is 11.5 Å². The fraction of sp³-hybridized carbons (Fsp3) is 0.400. The zero-order valence-electron chi connectivity index (χ0n) is 18.3. The van der Waals surface area contributed by atoms with E-state index in [1.165, 1.54) is 11.1 Å². The molecule has 0 aromatic heterocycles.